The van der Waals surface area contributed by atoms with Crippen LogP contribution in [0, 0.1) is 0 Å². The molecular formula is C19H34Cl2N2O2. The molecule has 1 N–H and O–H groups in total. The fourth-order valence-electron chi connectivity index (χ4n) is 3.25. The molecule has 1 aliphatic heterocycles. The Morgan fingerprint density at radius 1 is 1.00 bits per heavy atom. The third-order valence-corrected chi connectivity index (χ3v) is 4.82. The topological polar surface area (TPSA) is 35.9 Å². The molecule has 2 atom stereocenters. The van der Waals surface area contributed by atoms with Crippen molar-refractivity contribution in [2.45, 2.75) is 38.4 Å². The van der Waals surface area contributed by atoms with E-state index in [1.807, 2.05) is 0 Å². The zero-order valence-corrected chi connectivity index (χ0v) is 17.1. The molecule has 1 saturated heterocycles. The molecule has 0 saturated carbocycles. The highest BCUT2D eigenvalue weighted by atomic mass is 35.5. The molecule has 0 amide bonds. The highest BCUT2D eigenvalue weighted by Gasteiger charge is 2.19. The summed E-state index contributed by atoms with van der Waals surface area (Å²) in [4.78, 5) is 5.06. The molecule has 25 heavy (non-hydrogen) atoms. The van der Waals surface area contributed by atoms with Gasteiger partial charge in [0, 0.05) is 39.8 Å². The van der Waals surface area contributed by atoms with Gasteiger partial charge in [0.05, 0.1) is 12.2 Å². The van der Waals surface area contributed by atoms with Crippen molar-refractivity contribution < 1.29 is 9.84 Å². The van der Waals surface area contributed by atoms with Gasteiger partial charge >= 0.3 is 0 Å². The Hall–Kier alpha value is -0.360. The van der Waals surface area contributed by atoms with Crippen LogP contribution >= 0.6 is 24.8 Å². The number of halogens is 2. The van der Waals surface area contributed by atoms with Gasteiger partial charge in [-0.25, -0.2) is 0 Å². The molecule has 0 aromatic heterocycles. The Balaban J connectivity index is 0.00000288. The van der Waals surface area contributed by atoms with Gasteiger partial charge in [-0.1, -0.05) is 30.3 Å². The number of nitrogens with zero attached hydrogens (tertiary/aromatic N) is 2. The zero-order valence-electron chi connectivity index (χ0n) is 15.5. The molecule has 1 aromatic rings. The Morgan fingerprint density at radius 2 is 1.56 bits per heavy atom. The van der Waals surface area contributed by atoms with Crippen molar-refractivity contribution in [3.63, 3.8) is 0 Å². The van der Waals surface area contributed by atoms with Crippen LogP contribution in [0.5, 0.6) is 0 Å². The van der Waals surface area contributed by atoms with E-state index < -0.39 is 0 Å². The maximum absolute atomic E-state index is 9.62. The average Bonchev–Trinajstić information content (AvgIpc) is 2.57. The van der Waals surface area contributed by atoms with Crippen LogP contribution in [0.25, 0.3) is 0 Å². The number of benzene rings is 1. The molecule has 1 aliphatic rings. The summed E-state index contributed by atoms with van der Waals surface area (Å²) < 4.78 is 5.33. The predicted octanol–water partition coefficient (Wildman–Crippen LogP) is 2.87. The van der Waals surface area contributed by atoms with Crippen molar-refractivity contribution in [2.24, 2.45) is 0 Å². The molecule has 0 aliphatic carbocycles. The highest BCUT2D eigenvalue weighted by Crippen LogP contribution is 2.09. The average molecular weight is 393 g/mol. The SMILES string of the molecule is COC(CCN1CCN(CCCc2ccccc2)CC1)C(C)O.Cl.Cl. The first-order valence-corrected chi connectivity index (χ1v) is 8.88. The van der Waals surface area contributed by atoms with Crippen molar-refractivity contribution >= 4 is 24.8 Å². The maximum Gasteiger partial charge on any atom is 0.0839 e. The van der Waals surface area contributed by atoms with Crippen LogP contribution in [0.2, 0.25) is 0 Å². The molecule has 1 aromatic carbocycles. The number of methoxy groups -OCH3 is 1. The summed E-state index contributed by atoms with van der Waals surface area (Å²) in [5.41, 5.74) is 1.44. The summed E-state index contributed by atoms with van der Waals surface area (Å²) in [6, 6.07) is 10.7. The van der Waals surface area contributed by atoms with Crippen molar-refractivity contribution in [2.75, 3.05) is 46.4 Å². The minimum absolute atomic E-state index is 0. The van der Waals surface area contributed by atoms with Gasteiger partial charge in [0.2, 0.25) is 0 Å². The Morgan fingerprint density at radius 3 is 2.08 bits per heavy atom. The number of rotatable bonds is 9. The van der Waals surface area contributed by atoms with E-state index in [0.717, 1.165) is 39.1 Å². The molecule has 1 fully saturated rings. The van der Waals surface area contributed by atoms with Crippen LogP contribution in [0.15, 0.2) is 30.3 Å². The van der Waals surface area contributed by atoms with Gasteiger partial charge in [0.1, 0.15) is 0 Å². The first-order chi connectivity index (χ1) is 11.2. The fraction of sp³-hybridized carbons (Fsp3) is 0.684. The second-order valence-corrected chi connectivity index (χ2v) is 6.58. The van der Waals surface area contributed by atoms with Gasteiger partial charge < -0.3 is 19.6 Å². The standard InChI is InChI=1S/C19H32N2O2.2ClH/c1-17(22)19(23-2)10-12-21-15-13-20(14-16-21)11-6-9-18-7-4-3-5-8-18;;/h3-5,7-8,17,19,22H,6,9-16H2,1-2H3;2*1H. The molecule has 2 unspecified atom stereocenters. The van der Waals surface area contributed by atoms with Crippen molar-refractivity contribution in [1.82, 2.24) is 9.80 Å². The normalized spacial score (nSPS) is 18.0. The number of aliphatic hydroxyl groups excluding tert-OH is 1. The van der Waals surface area contributed by atoms with E-state index in [2.05, 4.69) is 40.1 Å². The van der Waals surface area contributed by atoms with E-state index in [1.54, 1.807) is 14.0 Å². The summed E-state index contributed by atoms with van der Waals surface area (Å²) in [5.74, 6) is 0. The van der Waals surface area contributed by atoms with E-state index in [9.17, 15) is 5.11 Å². The Bertz CT molecular complexity index is 427. The molecule has 146 valence electrons. The van der Waals surface area contributed by atoms with Crippen molar-refractivity contribution in [3.8, 4) is 0 Å². The second-order valence-electron chi connectivity index (χ2n) is 6.58. The van der Waals surface area contributed by atoms with Gasteiger partial charge in [0.25, 0.3) is 0 Å². The lowest BCUT2D eigenvalue weighted by molar-refractivity contribution is -0.0139. The third-order valence-electron chi connectivity index (χ3n) is 4.82. The smallest absolute Gasteiger partial charge is 0.0839 e. The van der Waals surface area contributed by atoms with Gasteiger partial charge in [-0.15, -0.1) is 24.8 Å². The highest BCUT2D eigenvalue weighted by molar-refractivity contribution is 5.85. The number of piperazine rings is 1. The van der Waals surface area contributed by atoms with Crippen molar-refractivity contribution in [3.05, 3.63) is 35.9 Å². The van der Waals surface area contributed by atoms with Crippen LogP contribution in [-0.2, 0) is 11.2 Å². The molecule has 0 bridgehead atoms. The number of aliphatic hydroxyl groups is 1. The molecule has 6 heteroatoms. The van der Waals surface area contributed by atoms with Gasteiger partial charge in [-0.3, -0.25) is 0 Å². The Kier molecular flexibility index (Phi) is 13.6. The quantitative estimate of drug-likeness (QED) is 0.700. The predicted molar refractivity (Wildman–Crippen MR) is 109 cm³/mol. The largest absolute Gasteiger partial charge is 0.391 e. The minimum Gasteiger partial charge on any atom is -0.391 e. The molecule has 2 rings (SSSR count). The summed E-state index contributed by atoms with van der Waals surface area (Å²) in [7, 11) is 1.68. The molecule has 0 radical (unpaired) electrons. The van der Waals surface area contributed by atoms with E-state index in [4.69, 9.17) is 4.74 Å². The van der Waals surface area contributed by atoms with Crippen LogP contribution in [-0.4, -0.2) is 73.5 Å². The van der Waals surface area contributed by atoms with E-state index >= 15 is 0 Å². The number of aryl methyl sites for hydroxylation is 1. The number of hydrogen-bond acceptors (Lipinski definition) is 4. The molecule has 0 spiro atoms. The van der Waals surface area contributed by atoms with E-state index in [0.29, 0.717) is 0 Å². The van der Waals surface area contributed by atoms with Gasteiger partial charge in [-0.05, 0) is 38.3 Å². The molecular weight excluding hydrogens is 359 g/mol. The van der Waals surface area contributed by atoms with Gasteiger partial charge in [-0.2, -0.15) is 0 Å². The van der Waals surface area contributed by atoms with Crippen molar-refractivity contribution in [1.29, 1.82) is 0 Å². The molecule has 1 heterocycles. The van der Waals surface area contributed by atoms with Crippen LogP contribution in [0.1, 0.15) is 25.3 Å². The second kappa shape index (κ2) is 13.8. The number of hydrogen-bond donors (Lipinski definition) is 1. The first-order valence-electron chi connectivity index (χ1n) is 8.88. The zero-order chi connectivity index (χ0) is 16.5. The minimum atomic E-state index is -0.390. The van der Waals surface area contributed by atoms with Crippen LogP contribution < -0.4 is 0 Å². The first kappa shape index (κ1) is 24.6. The summed E-state index contributed by atoms with van der Waals surface area (Å²) in [6.45, 7) is 8.57. The monoisotopic (exact) mass is 392 g/mol. The third kappa shape index (κ3) is 9.23. The van der Waals surface area contributed by atoms with E-state index in [-0.39, 0.29) is 37.0 Å². The number of ether oxygens (including phenoxy) is 1. The summed E-state index contributed by atoms with van der Waals surface area (Å²) >= 11 is 0. The van der Waals surface area contributed by atoms with E-state index in [1.165, 1.54) is 24.9 Å². The van der Waals surface area contributed by atoms with Crippen LogP contribution in [0.4, 0.5) is 0 Å². The maximum atomic E-state index is 9.62. The summed E-state index contributed by atoms with van der Waals surface area (Å²) in [6.07, 6.45) is 2.88. The van der Waals surface area contributed by atoms with Crippen LogP contribution in [0.3, 0.4) is 0 Å². The summed E-state index contributed by atoms with van der Waals surface area (Å²) in [5, 5.41) is 9.62. The fourth-order valence-corrected chi connectivity index (χ4v) is 3.25. The lowest BCUT2D eigenvalue weighted by Crippen LogP contribution is -2.47. The lowest BCUT2D eigenvalue weighted by Gasteiger charge is -2.35. The lowest BCUT2D eigenvalue weighted by atomic mass is 10.1. The van der Waals surface area contributed by atoms with Gasteiger partial charge in [0.15, 0.2) is 0 Å². The Labute approximate surface area is 165 Å². The molecule has 4 nitrogen and oxygen atoms in total.